The van der Waals surface area contributed by atoms with E-state index in [1.165, 1.54) is 25.7 Å². The Morgan fingerprint density at radius 1 is 1.56 bits per heavy atom. The van der Waals surface area contributed by atoms with Gasteiger partial charge in [-0.25, -0.2) is 0 Å². The average molecular weight is 123 g/mol. The van der Waals surface area contributed by atoms with Gasteiger partial charge in [0.25, 0.3) is 0 Å². The third-order valence-electron chi connectivity index (χ3n) is 2.12. The second-order valence-corrected chi connectivity index (χ2v) is 2.95. The zero-order chi connectivity index (χ0) is 6.69. The largest absolute Gasteiger partial charge is 0.198 e. The molecule has 0 aliphatic heterocycles. The van der Waals surface area contributed by atoms with Crippen LogP contribution in [0.1, 0.15) is 32.6 Å². The minimum Gasteiger partial charge on any atom is -0.198 e. The van der Waals surface area contributed by atoms with Gasteiger partial charge in [0.1, 0.15) is 0 Å². The Bertz CT molecular complexity index is 117. The van der Waals surface area contributed by atoms with Gasteiger partial charge in [-0.1, -0.05) is 19.8 Å². The molecule has 0 aromatic carbocycles. The van der Waals surface area contributed by atoms with E-state index < -0.39 is 0 Å². The predicted molar refractivity (Wildman–Crippen MR) is 36.7 cm³/mol. The Kier molecular flexibility index (Phi) is 2.10. The highest BCUT2D eigenvalue weighted by atomic mass is 14.4. The van der Waals surface area contributed by atoms with Crippen LogP contribution in [0.3, 0.4) is 0 Å². The molecule has 0 atom stereocenters. The van der Waals surface area contributed by atoms with E-state index >= 15 is 0 Å². The van der Waals surface area contributed by atoms with Gasteiger partial charge in [-0.15, -0.1) is 0 Å². The SMILES string of the molecule is CCCC1CC(C#N)C1. The summed E-state index contributed by atoms with van der Waals surface area (Å²) in [7, 11) is 0. The van der Waals surface area contributed by atoms with Gasteiger partial charge in [0.2, 0.25) is 0 Å². The third kappa shape index (κ3) is 1.45. The van der Waals surface area contributed by atoms with E-state index in [0.717, 1.165) is 5.92 Å². The maximum Gasteiger partial charge on any atom is 0.0655 e. The van der Waals surface area contributed by atoms with E-state index in [1.54, 1.807) is 0 Å². The fourth-order valence-electron chi connectivity index (χ4n) is 1.49. The van der Waals surface area contributed by atoms with Crippen LogP contribution in [0.25, 0.3) is 0 Å². The van der Waals surface area contributed by atoms with Gasteiger partial charge in [0.05, 0.1) is 6.07 Å². The predicted octanol–water partition coefficient (Wildman–Crippen LogP) is 2.34. The lowest BCUT2D eigenvalue weighted by atomic mass is 9.74. The molecular formula is C8H13N. The Morgan fingerprint density at radius 3 is 2.67 bits per heavy atom. The van der Waals surface area contributed by atoms with E-state index in [1.807, 2.05) is 0 Å². The molecule has 0 radical (unpaired) electrons. The lowest BCUT2D eigenvalue weighted by Gasteiger charge is -2.29. The third-order valence-corrected chi connectivity index (χ3v) is 2.12. The molecular weight excluding hydrogens is 110 g/mol. The van der Waals surface area contributed by atoms with Crippen molar-refractivity contribution in [2.45, 2.75) is 32.6 Å². The van der Waals surface area contributed by atoms with E-state index in [-0.39, 0.29) is 0 Å². The van der Waals surface area contributed by atoms with Gasteiger partial charge >= 0.3 is 0 Å². The summed E-state index contributed by atoms with van der Waals surface area (Å²) in [6.07, 6.45) is 4.95. The zero-order valence-corrected chi connectivity index (χ0v) is 5.93. The van der Waals surface area contributed by atoms with Crippen molar-refractivity contribution in [1.29, 1.82) is 5.26 Å². The summed E-state index contributed by atoms with van der Waals surface area (Å²) in [4.78, 5) is 0. The molecule has 1 aliphatic carbocycles. The van der Waals surface area contributed by atoms with Gasteiger partial charge in [-0.3, -0.25) is 0 Å². The zero-order valence-electron chi connectivity index (χ0n) is 5.93. The van der Waals surface area contributed by atoms with Crippen LogP contribution in [0.2, 0.25) is 0 Å². The Labute approximate surface area is 56.7 Å². The average Bonchev–Trinajstić information content (AvgIpc) is 1.77. The number of hydrogen-bond donors (Lipinski definition) is 0. The molecule has 50 valence electrons. The van der Waals surface area contributed by atoms with Crippen molar-refractivity contribution in [3.05, 3.63) is 0 Å². The minimum atomic E-state index is 0.404. The van der Waals surface area contributed by atoms with Crippen LogP contribution in [0, 0.1) is 23.2 Å². The maximum atomic E-state index is 8.42. The summed E-state index contributed by atoms with van der Waals surface area (Å²) in [6.45, 7) is 2.21. The Hall–Kier alpha value is -0.510. The second kappa shape index (κ2) is 2.87. The van der Waals surface area contributed by atoms with Crippen LogP contribution in [-0.4, -0.2) is 0 Å². The first-order valence-corrected chi connectivity index (χ1v) is 3.76. The summed E-state index contributed by atoms with van der Waals surface area (Å²) in [5.41, 5.74) is 0. The lowest BCUT2D eigenvalue weighted by Crippen LogP contribution is -2.21. The van der Waals surface area contributed by atoms with Gasteiger partial charge in [0.15, 0.2) is 0 Å². The normalized spacial score (nSPS) is 32.9. The van der Waals surface area contributed by atoms with E-state index in [0.29, 0.717) is 5.92 Å². The molecule has 1 nitrogen and oxygen atoms in total. The molecule has 0 heterocycles. The fourth-order valence-corrected chi connectivity index (χ4v) is 1.49. The summed E-state index contributed by atoms with van der Waals surface area (Å²) < 4.78 is 0. The molecule has 0 aromatic rings. The Morgan fingerprint density at radius 2 is 2.22 bits per heavy atom. The molecule has 1 heteroatoms. The van der Waals surface area contributed by atoms with Crippen LogP contribution in [0.4, 0.5) is 0 Å². The molecule has 0 aromatic heterocycles. The van der Waals surface area contributed by atoms with Gasteiger partial charge in [0, 0.05) is 5.92 Å². The van der Waals surface area contributed by atoms with Crippen molar-refractivity contribution in [2.24, 2.45) is 11.8 Å². The van der Waals surface area contributed by atoms with Crippen LogP contribution >= 0.6 is 0 Å². The summed E-state index contributed by atoms with van der Waals surface area (Å²) >= 11 is 0. The quantitative estimate of drug-likeness (QED) is 0.553. The maximum absolute atomic E-state index is 8.42. The van der Waals surface area contributed by atoms with Crippen LogP contribution < -0.4 is 0 Å². The molecule has 1 rings (SSSR count). The molecule has 9 heavy (non-hydrogen) atoms. The first-order valence-electron chi connectivity index (χ1n) is 3.76. The van der Waals surface area contributed by atoms with Gasteiger partial charge in [-0.05, 0) is 18.8 Å². The second-order valence-electron chi connectivity index (χ2n) is 2.95. The monoisotopic (exact) mass is 123 g/mol. The smallest absolute Gasteiger partial charge is 0.0655 e. The number of hydrogen-bond acceptors (Lipinski definition) is 1. The van der Waals surface area contributed by atoms with E-state index in [4.69, 9.17) is 5.26 Å². The van der Waals surface area contributed by atoms with Crippen molar-refractivity contribution >= 4 is 0 Å². The lowest BCUT2D eigenvalue weighted by molar-refractivity contribution is 0.230. The minimum absolute atomic E-state index is 0.404. The molecule has 0 spiro atoms. The number of rotatable bonds is 2. The van der Waals surface area contributed by atoms with Crippen LogP contribution in [-0.2, 0) is 0 Å². The van der Waals surface area contributed by atoms with Gasteiger partial charge in [-0.2, -0.15) is 5.26 Å². The van der Waals surface area contributed by atoms with Crippen molar-refractivity contribution in [3.63, 3.8) is 0 Å². The topological polar surface area (TPSA) is 23.8 Å². The highest BCUT2D eigenvalue weighted by Crippen LogP contribution is 2.35. The van der Waals surface area contributed by atoms with Crippen molar-refractivity contribution in [2.75, 3.05) is 0 Å². The summed E-state index contributed by atoms with van der Waals surface area (Å²) in [5.74, 6) is 1.29. The molecule has 0 amide bonds. The first kappa shape index (κ1) is 6.61. The molecule has 1 saturated carbocycles. The highest BCUT2D eigenvalue weighted by molar-refractivity contribution is 4.93. The van der Waals surface area contributed by atoms with Gasteiger partial charge < -0.3 is 0 Å². The first-order chi connectivity index (χ1) is 4.36. The van der Waals surface area contributed by atoms with Crippen LogP contribution in [0.5, 0.6) is 0 Å². The van der Waals surface area contributed by atoms with Crippen LogP contribution in [0.15, 0.2) is 0 Å². The summed E-state index contributed by atoms with van der Waals surface area (Å²) in [5, 5.41) is 8.42. The fraction of sp³-hybridized carbons (Fsp3) is 0.875. The molecule has 0 saturated heterocycles. The van der Waals surface area contributed by atoms with E-state index in [9.17, 15) is 0 Å². The standard InChI is InChI=1S/C8H13N/c1-2-3-7-4-8(5-7)6-9/h7-8H,2-5H2,1H3. The number of nitriles is 1. The highest BCUT2D eigenvalue weighted by Gasteiger charge is 2.27. The molecule has 0 bridgehead atoms. The molecule has 1 aliphatic rings. The van der Waals surface area contributed by atoms with Crippen molar-refractivity contribution in [1.82, 2.24) is 0 Å². The number of nitrogens with zero attached hydrogens (tertiary/aromatic N) is 1. The Balaban J connectivity index is 2.06. The van der Waals surface area contributed by atoms with E-state index in [2.05, 4.69) is 13.0 Å². The van der Waals surface area contributed by atoms with Crippen molar-refractivity contribution < 1.29 is 0 Å². The molecule has 0 unspecified atom stereocenters. The molecule has 1 fully saturated rings. The summed E-state index contributed by atoms with van der Waals surface area (Å²) in [6, 6.07) is 2.29. The molecule has 0 N–H and O–H groups in total. The van der Waals surface area contributed by atoms with Crippen molar-refractivity contribution in [3.8, 4) is 6.07 Å².